The molecule has 1 aromatic carbocycles. The van der Waals surface area contributed by atoms with Gasteiger partial charge in [0.25, 0.3) is 11.8 Å². The van der Waals surface area contributed by atoms with Gasteiger partial charge in [-0.2, -0.15) is 5.01 Å². The van der Waals surface area contributed by atoms with Gasteiger partial charge in [0.2, 0.25) is 5.91 Å². The molecule has 0 spiro atoms. The van der Waals surface area contributed by atoms with Crippen LogP contribution in [0.2, 0.25) is 0 Å². The number of nitrogens with zero attached hydrogens (tertiary/aromatic N) is 2. The van der Waals surface area contributed by atoms with Crippen LogP contribution in [0.25, 0.3) is 0 Å². The summed E-state index contributed by atoms with van der Waals surface area (Å²) in [5.74, 6) is -1.01. The molecule has 28 heavy (non-hydrogen) atoms. The van der Waals surface area contributed by atoms with Crippen molar-refractivity contribution >= 4 is 17.7 Å². The Morgan fingerprint density at radius 3 is 2.25 bits per heavy atom. The number of nitrogens with one attached hydrogen (secondary N) is 1. The number of benzene rings is 1. The summed E-state index contributed by atoms with van der Waals surface area (Å²) in [7, 11) is 0. The number of imide groups is 1. The molecule has 3 amide bonds. The molecule has 0 saturated heterocycles. The molecule has 150 valence electrons. The van der Waals surface area contributed by atoms with Gasteiger partial charge in [0.15, 0.2) is 0 Å². The fourth-order valence-electron chi connectivity index (χ4n) is 4.18. The van der Waals surface area contributed by atoms with Crippen molar-refractivity contribution in [3.8, 4) is 0 Å². The molecule has 1 fully saturated rings. The highest BCUT2D eigenvalue weighted by Crippen LogP contribution is 2.27. The van der Waals surface area contributed by atoms with E-state index >= 15 is 0 Å². The van der Waals surface area contributed by atoms with Crippen molar-refractivity contribution in [3.05, 3.63) is 48.0 Å². The van der Waals surface area contributed by atoms with E-state index in [1.54, 1.807) is 35.4 Å². The van der Waals surface area contributed by atoms with Gasteiger partial charge in [-0.1, -0.05) is 51.3 Å². The second kappa shape index (κ2) is 8.69. The Hall–Kier alpha value is -2.47. The van der Waals surface area contributed by atoms with Crippen LogP contribution < -0.4 is 5.32 Å². The van der Waals surface area contributed by atoms with E-state index < -0.39 is 17.9 Å². The first kappa shape index (κ1) is 20.3. The first-order chi connectivity index (χ1) is 13.5. The SMILES string of the molecule is C=CCN(C(C(=O)NC1CCCCC1)C(C)C)N1C(=O)c2ccccc2C1=O. The van der Waals surface area contributed by atoms with Crippen LogP contribution in [-0.2, 0) is 4.79 Å². The summed E-state index contributed by atoms with van der Waals surface area (Å²) in [6, 6.07) is 6.29. The lowest BCUT2D eigenvalue weighted by Crippen LogP contribution is -2.59. The van der Waals surface area contributed by atoms with Crippen molar-refractivity contribution in [3.63, 3.8) is 0 Å². The lowest BCUT2D eigenvalue weighted by atomic mass is 9.94. The third-order valence-electron chi connectivity index (χ3n) is 5.52. The fraction of sp³-hybridized carbons (Fsp3) is 0.500. The van der Waals surface area contributed by atoms with Gasteiger partial charge in [0.1, 0.15) is 6.04 Å². The lowest BCUT2D eigenvalue weighted by molar-refractivity contribution is -0.133. The summed E-state index contributed by atoms with van der Waals surface area (Å²) in [4.78, 5) is 39.1. The van der Waals surface area contributed by atoms with Gasteiger partial charge in [-0.05, 0) is 30.9 Å². The van der Waals surface area contributed by atoms with Crippen molar-refractivity contribution in [2.75, 3.05) is 6.54 Å². The second-order valence-corrected chi connectivity index (χ2v) is 7.91. The first-order valence-electron chi connectivity index (χ1n) is 10.1. The molecule has 0 aromatic heterocycles. The van der Waals surface area contributed by atoms with Crippen LogP contribution in [0, 0.1) is 5.92 Å². The predicted molar refractivity (Wildman–Crippen MR) is 107 cm³/mol. The van der Waals surface area contributed by atoms with Gasteiger partial charge in [-0.15, -0.1) is 6.58 Å². The van der Waals surface area contributed by atoms with E-state index in [2.05, 4.69) is 11.9 Å². The maximum atomic E-state index is 13.2. The number of amides is 3. The third-order valence-corrected chi connectivity index (χ3v) is 5.52. The molecule has 0 radical (unpaired) electrons. The summed E-state index contributed by atoms with van der Waals surface area (Å²) in [5.41, 5.74) is 0.744. The quantitative estimate of drug-likeness (QED) is 0.580. The standard InChI is InChI=1S/C22H29N3O3/c1-4-14-24(25-21(27)17-12-8-9-13-18(17)22(25)28)19(15(2)3)20(26)23-16-10-6-5-7-11-16/h4,8-9,12-13,15-16,19H,1,5-7,10-11,14H2,2-3H3,(H,23,26). The van der Waals surface area contributed by atoms with Gasteiger partial charge < -0.3 is 5.32 Å². The Bertz CT molecular complexity index is 733. The van der Waals surface area contributed by atoms with Crippen LogP contribution in [0.5, 0.6) is 0 Å². The molecule has 1 N–H and O–H groups in total. The highest BCUT2D eigenvalue weighted by molar-refractivity contribution is 6.21. The molecular weight excluding hydrogens is 354 g/mol. The summed E-state index contributed by atoms with van der Waals surface area (Å²) in [6.07, 6.45) is 7.01. The van der Waals surface area contributed by atoms with E-state index in [4.69, 9.17) is 0 Å². The van der Waals surface area contributed by atoms with Crippen molar-refractivity contribution in [2.24, 2.45) is 5.92 Å². The van der Waals surface area contributed by atoms with Gasteiger partial charge in [-0.25, -0.2) is 5.01 Å². The van der Waals surface area contributed by atoms with E-state index in [0.717, 1.165) is 30.7 Å². The Labute approximate surface area is 166 Å². The Balaban J connectivity index is 1.88. The van der Waals surface area contributed by atoms with Gasteiger partial charge in [-0.3, -0.25) is 14.4 Å². The van der Waals surface area contributed by atoms with Crippen LogP contribution >= 0.6 is 0 Å². The lowest BCUT2D eigenvalue weighted by Gasteiger charge is -2.38. The smallest absolute Gasteiger partial charge is 0.276 e. The minimum absolute atomic E-state index is 0.0900. The zero-order valence-electron chi connectivity index (χ0n) is 16.7. The molecule has 3 rings (SSSR count). The van der Waals surface area contributed by atoms with Gasteiger partial charge in [0, 0.05) is 12.6 Å². The zero-order chi connectivity index (χ0) is 20.3. The van der Waals surface area contributed by atoms with Gasteiger partial charge in [0.05, 0.1) is 11.1 Å². The largest absolute Gasteiger partial charge is 0.352 e. The maximum Gasteiger partial charge on any atom is 0.276 e. The van der Waals surface area contributed by atoms with Crippen LogP contribution in [-0.4, -0.2) is 46.4 Å². The number of rotatable bonds is 7. The average Bonchev–Trinajstić information content (AvgIpc) is 2.93. The number of carbonyl (C=O) groups excluding carboxylic acids is 3. The molecule has 1 aliphatic heterocycles. The Morgan fingerprint density at radius 2 is 1.75 bits per heavy atom. The van der Waals surface area contributed by atoms with Crippen LogP contribution in [0.15, 0.2) is 36.9 Å². The molecule has 1 atom stereocenters. The molecule has 6 heteroatoms. The van der Waals surface area contributed by atoms with E-state index in [-0.39, 0.29) is 24.4 Å². The first-order valence-corrected chi connectivity index (χ1v) is 10.1. The number of fused-ring (bicyclic) bond motifs is 1. The third kappa shape index (κ3) is 3.87. The van der Waals surface area contributed by atoms with Crippen molar-refractivity contribution < 1.29 is 14.4 Å². The number of carbonyl (C=O) groups is 3. The van der Waals surface area contributed by atoms with E-state index in [1.165, 1.54) is 6.42 Å². The van der Waals surface area contributed by atoms with Crippen LogP contribution in [0.4, 0.5) is 0 Å². The van der Waals surface area contributed by atoms with E-state index in [9.17, 15) is 14.4 Å². The van der Waals surface area contributed by atoms with Gasteiger partial charge >= 0.3 is 0 Å². The molecule has 1 heterocycles. The summed E-state index contributed by atoms with van der Waals surface area (Å²) >= 11 is 0. The minimum Gasteiger partial charge on any atom is -0.352 e. The fourth-order valence-corrected chi connectivity index (χ4v) is 4.18. The van der Waals surface area contributed by atoms with Crippen molar-refractivity contribution in [1.82, 2.24) is 15.3 Å². The summed E-state index contributed by atoms with van der Waals surface area (Å²) < 4.78 is 0. The highest BCUT2D eigenvalue weighted by Gasteiger charge is 2.44. The van der Waals surface area contributed by atoms with E-state index in [1.807, 2.05) is 13.8 Å². The van der Waals surface area contributed by atoms with Crippen LogP contribution in [0.1, 0.15) is 66.7 Å². The number of hydrogen-bond acceptors (Lipinski definition) is 4. The second-order valence-electron chi connectivity index (χ2n) is 7.91. The Morgan fingerprint density at radius 1 is 1.18 bits per heavy atom. The zero-order valence-corrected chi connectivity index (χ0v) is 16.7. The molecule has 2 aliphatic rings. The molecule has 1 aliphatic carbocycles. The molecule has 1 aromatic rings. The average molecular weight is 383 g/mol. The number of hydrazine groups is 1. The van der Waals surface area contributed by atoms with Crippen molar-refractivity contribution in [2.45, 2.75) is 58.0 Å². The van der Waals surface area contributed by atoms with Crippen molar-refractivity contribution in [1.29, 1.82) is 0 Å². The monoisotopic (exact) mass is 383 g/mol. The molecule has 0 bridgehead atoms. The topological polar surface area (TPSA) is 69.7 Å². The summed E-state index contributed by atoms with van der Waals surface area (Å²) in [5, 5.41) is 5.84. The maximum absolute atomic E-state index is 13.2. The molecule has 6 nitrogen and oxygen atoms in total. The Kier molecular flexibility index (Phi) is 6.29. The number of hydrogen-bond donors (Lipinski definition) is 1. The predicted octanol–water partition coefficient (Wildman–Crippen LogP) is 3.16. The van der Waals surface area contributed by atoms with Crippen LogP contribution in [0.3, 0.4) is 0 Å². The molecular formula is C22H29N3O3. The normalized spacial score (nSPS) is 18.5. The van der Waals surface area contributed by atoms with E-state index in [0.29, 0.717) is 11.1 Å². The highest BCUT2D eigenvalue weighted by atomic mass is 16.2. The molecule has 1 unspecified atom stereocenters. The minimum atomic E-state index is -0.637. The molecule has 1 saturated carbocycles. The summed E-state index contributed by atoms with van der Waals surface area (Å²) in [6.45, 7) is 7.85.